The van der Waals surface area contributed by atoms with E-state index in [0.717, 1.165) is 12.0 Å². The van der Waals surface area contributed by atoms with Crippen LogP contribution < -0.4 is 0 Å². The van der Waals surface area contributed by atoms with Crippen LogP contribution in [0.3, 0.4) is 0 Å². The summed E-state index contributed by atoms with van der Waals surface area (Å²) in [5.41, 5.74) is 2.37. The number of aryl methyl sites for hydroxylation is 1. The van der Waals surface area contributed by atoms with Crippen molar-refractivity contribution in [2.45, 2.75) is 25.3 Å². The standard InChI is InChI=1S/C22H19N3O3S/c26-20(9-8-19-23-22(24-28-19)17-7-4-13-27-17)25-12-10-18-16(11-14-29-18)21(25)15-5-2-1-3-6-15/h1-7,11,13-14,21H,8-10,12H2/t21-/m1/s1. The molecule has 1 aromatic carbocycles. The zero-order valence-electron chi connectivity index (χ0n) is 15.7. The van der Waals surface area contributed by atoms with E-state index in [-0.39, 0.29) is 11.9 Å². The molecule has 0 fully saturated rings. The molecular formula is C22H19N3O3S. The molecule has 3 aromatic heterocycles. The Bertz CT molecular complexity index is 1100. The Hall–Kier alpha value is -3.19. The minimum Gasteiger partial charge on any atom is -0.461 e. The van der Waals surface area contributed by atoms with Gasteiger partial charge in [0.15, 0.2) is 5.76 Å². The number of carbonyl (C=O) groups is 1. The molecule has 146 valence electrons. The fourth-order valence-electron chi connectivity index (χ4n) is 3.80. The molecule has 0 saturated heterocycles. The number of rotatable bonds is 5. The molecule has 1 atom stereocenters. The molecule has 0 unspecified atom stereocenters. The van der Waals surface area contributed by atoms with Gasteiger partial charge in [0, 0.05) is 24.3 Å². The van der Waals surface area contributed by atoms with Gasteiger partial charge in [-0.15, -0.1) is 11.3 Å². The van der Waals surface area contributed by atoms with E-state index in [9.17, 15) is 4.79 Å². The van der Waals surface area contributed by atoms with Gasteiger partial charge in [0.25, 0.3) is 0 Å². The molecule has 29 heavy (non-hydrogen) atoms. The van der Waals surface area contributed by atoms with E-state index in [4.69, 9.17) is 8.94 Å². The number of carbonyl (C=O) groups excluding carboxylic acids is 1. The van der Waals surface area contributed by atoms with Crippen molar-refractivity contribution in [3.05, 3.63) is 82.1 Å². The van der Waals surface area contributed by atoms with Crippen LogP contribution >= 0.6 is 11.3 Å². The Kier molecular flexibility index (Phi) is 4.73. The summed E-state index contributed by atoms with van der Waals surface area (Å²) < 4.78 is 10.6. The molecular weight excluding hydrogens is 386 g/mol. The molecule has 0 N–H and O–H groups in total. The minimum atomic E-state index is -0.0416. The van der Waals surface area contributed by atoms with Crippen molar-refractivity contribution >= 4 is 17.2 Å². The number of benzene rings is 1. The van der Waals surface area contributed by atoms with Crippen LogP contribution in [0.1, 0.15) is 34.4 Å². The Balaban J connectivity index is 1.33. The van der Waals surface area contributed by atoms with E-state index >= 15 is 0 Å². The molecule has 4 aromatic rings. The number of hydrogen-bond donors (Lipinski definition) is 0. The van der Waals surface area contributed by atoms with Gasteiger partial charge in [-0.05, 0) is 41.1 Å². The summed E-state index contributed by atoms with van der Waals surface area (Å²) in [7, 11) is 0. The zero-order valence-corrected chi connectivity index (χ0v) is 16.5. The van der Waals surface area contributed by atoms with Crippen LogP contribution in [0.25, 0.3) is 11.6 Å². The first-order chi connectivity index (χ1) is 14.3. The minimum absolute atomic E-state index is 0.0416. The molecule has 7 heteroatoms. The van der Waals surface area contributed by atoms with Crippen LogP contribution in [0.4, 0.5) is 0 Å². The fraction of sp³-hybridized carbons (Fsp3) is 0.227. The largest absolute Gasteiger partial charge is 0.461 e. The van der Waals surface area contributed by atoms with Gasteiger partial charge in [0.1, 0.15) is 0 Å². The summed E-state index contributed by atoms with van der Waals surface area (Å²) in [5, 5.41) is 6.05. The van der Waals surface area contributed by atoms with E-state index in [1.165, 1.54) is 10.4 Å². The summed E-state index contributed by atoms with van der Waals surface area (Å²) in [6.07, 6.45) is 3.18. The van der Waals surface area contributed by atoms with Gasteiger partial charge in [-0.25, -0.2) is 0 Å². The van der Waals surface area contributed by atoms with Crippen molar-refractivity contribution in [3.8, 4) is 11.6 Å². The normalized spacial score (nSPS) is 16.0. The monoisotopic (exact) mass is 405 g/mol. The van der Waals surface area contributed by atoms with Crippen LogP contribution in [0.5, 0.6) is 0 Å². The second kappa shape index (κ2) is 7.67. The van der Waals surface area contributed by atoms with Gasteiger partial charge in [-0.3, -0.25) is 4.79 Å². The number of aromatic nitrogens is 2. The molecule has 1 amide bonds. The van der Waals surface area contributed by atoms with E-state index in [2.05, 4.69) is 33.7 Å². The van der Waals surface area contributed by atoms with Gasteiger partial charge in [-0.1, -0.05) is 35.5 Å². The first-order valence-electron chi connectivity index (χ1n) is 9.57. The number of furan rings is 1. The predicted molar refractivity (Wildman–Crippen MR) is 108 cm³/mol. The van der Waals surface area contributed by atoms with Gasteiger partial charge in [0.2, 0.25) is 17.6 Å². The third kappa shape index (κ3) is 3.49. The lowest BCUT2D eigenvalue weighted by Gasteiger charge is -2.36. The molecule has 0 spiro atoms. The summed E-state index contributed by atoms with van der Waals surface area (Å²) in [6.45, 7) is 0.716. The highest BCUT2D eigenvalue weighted by Gasteiger charge is 2.32. The maximum atomic E-state index is 13.1. The number of hydrogen-bond acceptors (Lipinski definition) is 6. The summed E-state index contributed by atoms with van der Waals surface area (Å²) in [6, 6.07) is 15.9. The number of thiophene rings is 1. The topological polar surface area (TPSA) is 72.4 Å². The van der Waals surface area contributed by atoms with Crippen molar-refractivity contribution in [2.75, 3.05) is 6.54 Å². The molecule has 0 saturated carbocycles. The third-order valence-electron chi connectivity index (χ3n) is 5.16. The smallest absolute Gasteiger partial charge is 0.238 e. The average Bonchev–Trinajstić information content (AvgIpc) is 3.52. The van der Waals surface area contributed by atoms with E-state index in [0.29, 0.717) is 36.9 Å². The number of nitrogens with zero attached hydrogens (tertiary/aromatic N) is 3. The summed E-state index contributed by atoms with van der Waals surface area (Å²) in [5.74, 6) is 1.49. The molecule has 0 radical (unpaired) electrons. The Morgan fingerprint density at radius 3 is 2.90 bits per heavy atom. The molecule has 1 aliphatic heterocycles. The van der Waals surface area contributed by atoms with E-state index < -0.39 is 0 Å². The number of amides is 1. The SMILES string of the molecule is O=C(CCc1nc(-c2ccco2)no1)N1CCc2sccc2[C@H]1c1ccccc1. The van der Waals surface area contributed by atoms with Gasteiger partial charge in [-0.2, -0.15) is 4.98 Å². The summed E-state index contributed by atoms with van der Waals surface area (Å²) in [4.78, 5) is 20.8. The van der Waals surface area contributed by atoms with Crippen LogP contribution in [0.2, 0.25) is 0 Å². The molecule has 0 aliphatic carbocycles. The lowest BCUT2D eigenvalue weighted by molar-refractivity contribution is -0.133. The highest BCUT2D eigenvalue weighted by molar-refractivity contribution is 7.10. The van der Waals surface area contributed by atoms with E-state index in [1.54, 1.807) is 29.7 Å². The maximum absolute atomic E-state index is 13.1. The van der Waals surface area contributed by atoms with Gasteiger partial charge < -0.3 is 13.8 Å². The van der Waals surface area contributed by atoms with Crippen molar-refractivity contribution in [3.63, 3.8) is 0 Å². The maximum Gasteiger partial charge on any atom is 0.238 e. The molecule has 0 bridgehead atoms. The lowest BCUT2D eigenvalue weighted by Crippen LogP contribution is -2.40. The first kappa shape index (κ1) is 17.9. The van der Waals surface area contributed by atoms with Crippen molar-refractivity contribution in [2.24, 2.45) is 0 Å². The Labute approximate surface area is 171 Å². The quantitative estimate of drug-likeness (QED) is 0.489. The average molecular weight is 405 g/mol. The second-order valence-electron chi connectivity index (χ2n) is 6.94. The summed E-state index contributed by atoms with van der Waals surface area (Å²) >= 11 is 1.77. The van der Waals surface area contributed by atoms with Crippen LogP contribution in [-0.4, -0.2) is 27.5 Å². The van der Waals surface area contributed by atoms with Crippen molar-refractivity contribution < 1.29 is 13.7 Å². The molecule has 6 nitrogen and oxygen atoms in total. The molecule has 4 heterocycles. The third-order valence-corrected chi connectivity index (χ3v) is 6.16. The Morgan fingerprint density at radius 2 is 2.07 bits per heavy atom. The highest BCUT2D eigenvalue weighted by Crippen LogP contribution is 2.38. The van der Waals surface area contributed by atoms with Crippen LogP contribution in [-0.2, 0) is 17.6 Å². The Morgan fingerprint density at radius 1 is 1.17 bits per heavy atom. The van der Waals surface area contributed by atoms with Gasteiger partial charge in [0.05, 0.1) is 12.3 Å². The first-order valence-corrected chi connectivity index (χ1v) is 10.4. The van der Waals surface area contributed by atoms with Crippen LogP contribution in [0.15, 0.2) is 69.1 Å². The highest BCUT2D eigenvalue weighted by atomic mass is 32.1. The van der Waals surface area contributed by atoms with Gasteiger partial charge >= 0.3 is 0 Å². The second-order valence-corrected chi connectivity index (χ2v) is 7.94. The van der Waals surface area contributed by atoms with Crippen molar-refractivity contribution in [1.82, 2.24) is 15.0 Å². The number of fused-ring (bicyclic) bond motifs is 1. The van der Waals surface area contributed by atoms with E-state index in [1.807, 2.05) is 23.1 Å². The van der Waals surface area contributed by atoms with Crippen molar-refractivity contribution in [1.29, 1.82) is 0 Å². The molecule has 1 aliphatic rings. The predicted octanol–water partition coefficient (Wildman–Crippen LogP) is 4.50. The zero-order chi connectivity index (χ0) is 19.6. The fourth-order valence-corrected chi connectivity index (χ4v) is 4.70. The lowest BCUT2D eigenvalue weighted by atomic mass is 9.93. The van der Waals surface area contributed by atoms with Crippen LogP contribution in [0, 0.1) is 0 Å². The molecule has 5 rings (SSSR count).